The van der Waals surface area contributed by atoms with Crippen LogP contribution < -0.4 is 0 Å². The van der Waals surface area contributed by atoms with E-state index in [2.05, 4.69) is 6.08 Å². The molecule has 0 saturated carbocycles. The highest BCUT2D eigenvalue weighted by Crippen LogP contribution is 2.11. The fourth-order valence-corrected chi connectivity index (χ4v) is 1.96. The van der Waals surface area contributed by atoms with Crippen molar-refractivity contribution in [3.63, 3.8) is 0 Å². The largest absolute Gasteiger partial charge is 0.460 e. The van der Waals surface area contributed by atoms with E-state index in [1.165, 1.54) is 31.8 Å². The number of hydrogen-bond acceptors (Lipinski definition) is 2. The van der Waals surface area contributed by atoms with Crippen molar-refractivity contribution in [3.05, 3.63) is 36.5 Å². The summed E-state index contributed by atoms with van der Waals surface area (Å²) < 4.78 is 5.27. The van der Waals surface area contributed by atoms with Crippen LogP contribution >= 0.6 is 0 Å². The van der Waals surface area contributed by atoms with Gasteiger partial charge < -0.3 is 4.74 Å². The van der Waals surface area contributed by atoms with E-state index < -0.39 is 0 Å². The van der Waals surface area contributed by atoms with Crippen molar-refractivity contribution in [1.82, 2.24) is 0 Å². The quantitative estimate of drug-likeness (QED) is 0.596. The molecule has 1 aliphatic rings. The second-order valence-electron chi connectivity index (χ2n) is 4.76. The lowest BCUT2D eigenvalue weighted by Gasteiger charge is -2.11. The minimum absolute atomic E-state index is 0.0268. The number of esters is 1. The molecular formula is C16H24O2. The van der Waals surface area contributed by atoms with Gasteiger partial charge in [0, 0.05) is 6.08 Å². The molecule has 1 atom stereocenters. The SMILES string of the molecule is CC1CCCCCCC/C=C/C=C/C=C/C(=O)O1. The average Bonchev–Trinajstić information content (AvgIpc) is 2.33. The predicted molar refractivity (Wildman–Crippen MR) is 75.3 cm³/mol. The predicted octanol–water partition coefficient (Wildman–Crippen LogP) is 4.33. The molecule has 1 aliphatic heterocycles. The van der Waals surface area contributed by atoms with Crippen LogP contribution in [0.4, 0.5) is 0 Å². The second-order valence-corrected chi connectivity index (χ2v) is 4.76. The molecule has 0 saturated heterocycles. The molecule has 0 aliphatic carbocycles. The van der Waals surface area contributed by atoms with Crippen LogP contribution in [0.15, 0.2) is 36.5 Å². The molecule has 2 heteroatoms. The number of carbonyl (C=O) groups excluding carboxylic acids is 1. The summed E-state index contributed by atoms with van der Waals surface area (Å²) in [7, 11) is 0. The summed E-state index contributed by atoms with van der Waals surface area (Å²) in [6, 6.07) is 0. The van der Waals surface area contributed by atoms with Crippen LogP contribution in [0.3, 0.4) is 0 Å². The van der Waals surface area contributed by atoms with Gasteiger partial charge in [-0.3, -0.25) is 0 Å². The summed E-state index contributed by atoms with van der Waals surface area (Å²) in [6.45, 7) is 1.97. The fourth-order valence-electron chi connectivity index (χ4n) is 1.96. The van der Waals surface area contributed by atoms with Gasteiger partial charge in [0.25, 0.3) is 0 Å². The van der Waals surface area contributed by atoms with Gasteiger partial charge in [0.05, 0.1) is 6.10 Å². The van der Waals surface area contributed by atoms with Gasteiger partial charge in [0.1, 0.15) is 0 Å². The molecule has 0 bridgehead atoms. The van der Waals surface area contributed by atoms with E-state index in [4.69, 9.17) is 4.74 Å². The zero-order valence-electron chi connectivity index (χ0n) is 11.3. The van der Waals surface area contributed by atoms with E-state index in [-0.39, 0.29) is 12.1 Å². The molecule has 2 nitrogen and oxygen atoms in total. The fraction of sp³-hybridized carbons (Fsp3) is 0.562. The maximum atomic E-state index is 11.4. The number of carbonyl (C=O) groups is 1. The summed E-state index contributed by atoms with van der Waals surface area (Å²) in [5.41, 5.74) is 0. The first-order valence-corrected chi connectivity index (χ1v) is 6.99. The van der Waals surface area contributed by atoms with Crippen LogP contribution in [0.1, 0.15) is 51.9 Å². The Morgan fingerprint density at radius 1 is 1.00 bits per heavy atom. The first kappa shape index (κ1) is 14.7. The molecular weight excluding hydrogens is 224 g/mol. The standard InChI is InChI=1S/C16H24O2/c1-15-13-11-9-7-5-3-2-4-6-8-10-12-14-16(17)18-15/h4,6,8,10,12,14-15H,2-3,5,7,9,11,13H2,1H3/b6-4+,10-8+,14-12+. The summed E-state index contributed by atoms with van der Waals surface area (Å²) in [5.74, 6) is -0.247. The second kappa shape index (κ2) is 9.69. The van der Waals surface area contributed by atoms with E-state index >= 15 is 0 Å². The minimum atomic E-state index is -0.247. The molecule has 0 fully saturated rings. The molecule has 0 aromatic rings. The highest BCUT2D eigenvalue weighted by Gasteiger charge is 2.05. The Balaban J connectivity index is 2.45. The third kappa shape index (κ3) is 7.88. The van der Waals surface area contributed by atoms with E-state index in [1.54, 1.807) is 6.08 Å². The van der Waals surface area contributed by atoms with Crippen LogP contribution in [0.25, 0.3) is 0 Å². The molecule has 1 heterocycles. The van der Waals surface area contributed by atoms with Crippen LogP contribution in [0.5, 0.6) is 0 Å². The molecule has 0 spiro atoms. The van der Waals surface area contributed by atoms with E-state index in [0.717, 1.165) is 19.3 Å². The monoisotopic (exact) mass is 248 g/mol. The van der Waals surface area contributed by atoms with Crippen molar-refractivity contribution in [2.75, 3.05) is 0 Å². The smallest absolute Gasteiger partial charge is 0.331 e. The lowest BCUT2D eigenvalue weighted by Crippen LogP contribution is -2.12. The van der Waals surface area contributed by atoms with E-state index in [1.807, 2.05) is 25.2 Å². The normalized spacial score (nSPS) is 29.2. The lowest BCUT2D eigenvalue weighted by atomic mass is 10.1. The third-order valence-electron chi connectivity index (χ3n) is 3.00. The average molecular weight is 248 g/mol. The van der Waals surface area contributed by atoms with Gasteiger partial charge in [0.2, 0.25) is 0 Å². The summed E-state index contributed by atoms with van der Waals surface area (Å²) in [4.78, 5) is 11.4. The summed E-state index contributed by atoms with van der Waals surface area (Å²) >= 11 is 0. The molecule has 100 valence electrons. The maximum absolute atomic E-state index is 11.4. The molecule has 0 aromatic heterocycles. The van der Waals surface area contributed by atoms with Gasteiger partial charge >= 0.3 is 5.97 Å². The number of rotatable bonds is 0. The van der Waals surface area contributed by atoms with Gasteiger partial charge in [0.15, 0.2) is 0 Å². The minimum Gasteiger partial charge on any atom is -0.460 e. The Kier molecular flexibility index (Phi) is 7.94. The molecule has 0 N–H and O–H groups in total. The maximum Gasteiger partial charge on any atom is 0.331 e. The van der Waals surface area contributed by atoms with Crippen molar-refractivity contribution in [2.24, 2.45) is 0 Å². The van der Waals surface area contributed by atoms with E-state index in [0.29, 0.717) is 0 Å². The lowest BCUT2D eigenvalue weighted by molar-refractivity contribution is -0.142. The number of cyclic esters (lactones) is 1. The van der Waals surface area contributed by atoms with Gasteiger partial charge in [-0.2, -0.15) is 0 Å². The molecule has 1 rings (SSSR count). The van der Waals surface area contributed by atoms with Crippen LogP contribution in [-0.2, 0) is 9.53 Å². The van der Waals surface area contributed by atoms with E-state index in [9.17, 15) is 4.79 Å². The van der Waals surface area contributed by atoms with Gasteiger partial charge in [-0.15, -0.1) is 0 Å². The molecule has 0 radical (unpaired) electrons. The topological polar surface area (TPSA) is 26.3 Å². The Bertz CT molecular complexity index is 313. The Morgan fingerprint density at radius 3 is 2.61 bits per heavy atom. The van der Waals surface area contributed by atoms with Crippen LogP contribution in [0.2, 0.25) is 0 Å². The first-order chi connectivity index (χ1) is 8.79. The summed E-state index contributed by atoms with van der Waals surface area (Å²) in [6.07, 6.45) is 19.6. The molecule has 1 unspecified atom stereocenters. The zero-order valence-corrected chi connectivity index (χ0v) is 11.3. The Morgan fingerprint density at radius 2 is 1.72 bits per heavy atom. The highest BCUT2D eigenvalue weighted by atomic mass is 16.5. The molecule has 0 amide bonds. The number of ether oxygens (including phenoxy) is 1. The van der Waals surface area contributed by atoms with Crippen molar-refractivity contribution < 1.29 is 9.53 Å². The van der Waals surface area contributed by atoms with Crippen LogP contribution in [0, 0.1) is 0 Å². The zero-order chi connectivity index (χ0) is 13.1. The van der Waals surface area contributed by atoms with Crippen molar-refractivity contribution in [2.45, 2.75) is 58.0 Å². The van der Waals surface area contributed by atoms with Crippen molar-refractivity contribution >= 4 is 5.97 Å². The van der Waals surface area contributed by atoms with Gasteiger partial charge in [-0.1, -0.05) is 49.6 Å². The Labute approximate surface area is 110 Å². The van der Waals surface area contributed by atoms with Gasteiger partial charge in [-0.25, -0.2) is 4.79 Å². The molecule has 0 aromatic carbocycles. The number of allylic oxidation sites excluding steroid dienone is 5. The summed E-state index contributed by atoms with van der Waals surface area (Å²) in [5, 5.41) is 0. The molecule has 18 heavy (non-hydrogen) atoms. The van der Waals surface area contributed by atoms with Crippen molar-refractivity contribution in [3.8, 4) is 0 Å². The van der Waals surface area contributed by atoms with Crippen LogP contribution in [-0.4, -0.2) is 12.1 Å². The first-order valence-electron chi connectivity index (χ1n) is 6.99. The highest BCUT2D eigenvalue weighted by molar-refractivity contribution is 5.82. The van der Waals surface area contributed by atoms with Crippen molar-refractivity contribution in [1.29, 1.82) is 0 Å². The Hall–Kier alpha value is -1.31. The van der Waals surface area contributed by atoms with Gasteiger partial charge in [-0.05, 0) is 32.6 Å². The number of hydrogen-bond donors (Lipinski definition) is 0. The third-order valence-corrected chi connectivity index (χ3v) is 3.00.